The topological polar surface area (TPSA) is 56.8 Å². The van der Waals surface area contributed by atoms with Gasteiger partial charge in [-0.3, -0.25) is 14.6 Å². The second-order valence-electron chi connectivity index (χ2n) is 6.70. The zero-order valence-corrected chi connectivity index (χ0v) is 16.3. The smallest absolute Gasteiger partial charge is 0.255 e. The lowest BCUT2D eigenvalue weighted by Crippen LogP contribution is -2.48. The normalized spacial score (nSPS) is 14.1. The van der Waals surface area contributed by atoms with E-state index < -0.39 is 0 Å². The molecule has 0 aliphatic carbocycles. The Morgan fingerprint density at radius 2 is 1.61 bits per heavy atom. The van der Waals surface area contributed by atoms with Gasteiger partial charge in [0.25, 0.3) is 11.8 Å². The van der Waals surface area contributed by atoms with Gasteiger partial charge in [0.05, 0.1) is 11.1 Å². The maximum absolute atomic E-state index is 13.1. The molecule has 0 saturated carbocycles. The van der Waals surface area contributed by atoms with Gasteiger partial charge in [-0.25, -0.2) is 4.39 Å². The van der Waals surface area contributed by atoms with E-state index in [0.717, 1.165) is 5.69 Å². The molecule has 1 aromatic heterocycles. The fraction of sp³-hybridized carbons (Fsp3) is 0.381. The van der Waals surface area contributed by atoms with Crippen molar-refractivity contribution in [3.8, 4) is 0 Å². The second-order valence-corrected chi connectivity index (χ2v) is 6.70. The molecule has 7 heteroatoms. The van der Waals surface area contributed by atoms with Crippen LogP contribution in [0, 0.1) is 5.82 Å². The van der Waals surface area contributed by atoms with Crippen LogP contribution in [0.2, 0.25) is 0 Å². The third-order valence-corrected chi connectivity index (χ3v) is 5.04. The van der Waals surface area contributed by atoms with Crippen LogP contribution in [-0.2, 0) is 0 Å². The van der Waals surface area contributed by atoms with Crippen LogP contribution < -0.4 is 4.90 Å². The number of benzene rings is 1. The summed E-state index contributed by atoms with van der Waals surface area (Å²) in [4.78, 5) is 35.1. The summed E-state index contributed by atoms with van der Waals surface area (Å²) < 4.78 is 13.1. The van der Waals surface area contributed by atoms with Gasteiger partial charge in [-0.15, -0.1) is 0 Å². The highest BCUT2D eigenvalue weighted by atomic mass is 19.1. The molecule has 1 aromatic carbocycles. The standard InChI is InChI=1S/C21H25FN4O2/c1-3-24(4-2)20(27)16-13-17(15-23-14-16)21(28)26-11-9-25(10-12-26)19-7-5-18(22)6-8-19/h5-8,13-15H,3-4,9-12H2,1-2H3. The van der Waals surface area contributed by atoms with Gasteiger partial charge >= 0.3 is 0 Å². The van der Waals surface area contributed by atoms with Crippen molar-refractivity contribution < 1.29 is 14.0 Å². The molecule has 3 rings (SSSR count). The quantitative estimate of drug-likeness (QED) is 0.795. The van der Waals surface area contributed by atoms with E-state index in [2.05, 4.69) is 9.88 Å². The van der Waals surface area contributed by atoms with Gasteiger partial charge < -0.3 is 14.7 Å². The molecule has 0 bridgehead atoms. The summed E-state index contributed by atoms with van der Waals surface area (Å²) in [7, 11) is 0. The van der Waals surface area contributed by atoms with Gasteiger partial charge in [-0.05, 0) is 44.2 Å². The van der Waals surface area contributed by atoms with Gasteiger partial charge in [0.2, 0.25) is 0 Å². The van der Waals surface area contributed by atoms with Gasteiger partial charge in [0, 0.05) is 57.3 Å². The fourth-order valence-corrected chi connectivity index (χ4v) is 3.37. The molecule has 2 amide bonds. The molecule has 28 heavy (non-hydrogen) atoms. The minimum Gasteiger partial charge on any atom is -0.368 e. The largest absolute Gasteiger partial charge is 0.368 e. The number of carbonyl (C=O) groups is 2. The molecule has 0 radical (unpaired) electrons. The van der Waals surface area contributed by atoms with Crippen molar-refractivity contribution in [1.82, 2.24) is 14.8 Å². The number of halogens is 1. The molecule has 6 nitrogen and oxygen atoms in total. The van der Waals surface area contributed by atoms with Crippen LogP contribution in [0.25, 0.3) is 0 Å². The summed E-state index contributed by atoms with van der Waals surface area (Å²) in [6, 6.07) is 8.01. The average Bonchev–Trinajstić information content (AvgIpc) is 2.75. The van der Waals surface area contributed by atoms with E-state index >= 15 is 0 Å². The van der Waals surface area contributed by atoms with Gasteiger partial charge in [0.1, 0.15) is 5.82 Å². The average molecular weight is 384 g/mol. The predicted molar refractivity (Wildman–Crippen MR) is 106 cm³/mol. The van der Waals surface area contributed by atoms with Gasteiger partial charge in [-0.2, -0.15) is 0 Å². The van der Waals surface area contributed by atoms with E-state index in [1.807, 2.05) is 13.8 Å². The molecular formula is C21H25FN4O2. The zero-order chi connectivity index (χ0) is 20.1. The molecule has 1 aliphatic heterocycles. The first-order valence-corrected chi connectivity index (χ1v) is 9.57. The number of hydrogen-bond acceptors (Lipinski definition) is 4. The molecule has 0 unspecified atom stereocenters. The summed E-state index contributed by atoms with van der Waals surface area (Å²) in [5, 5.41) is 0. The maximum atomic E-state index is 13.1. The lowest BCUT2D eigenvalue weighted by molar-refractivity contribution is 0.0746. The first-order chi connectivity index (χ1) is 13.5. The van der Waals surface area contributed by atoms with Crippen LogP contribution in [-0.4, -0.2) is 65.9 Å². The van der Waals surface area contributed by atoms with Crippen LogP contribution in [0.3, 0.4) is 0 Å². The van der Waals surface area contributed by atoms with E-state index in [9.17, 15) is 14.0 Å². The highest BCUT2D eigenvalue weighted by Crippen LogP contribution is 2.18. The van der Waals surface area contributed by atoms with Gasteiger partial charge in [-0.1, -0.05) is 0 Å². The van der Waals surface area contributed by atoms with Crippen molar-refractivity contribution in [2.75, 3.05) is 44.2 Å². The van der Waals surface area contributed by atoms with E-state index in [4.69, 9.17) is 0 Å². The monoisotopic (exact) mass is 384 g/mol. The van der Waals surface area contributed by atoms with Crippen molar-refractivity contribution >= 4 is 17.5 Å². The van der Waals surface area contributed by atoms with E-state index in [1.54, 1.807) is 28.0 Å². The van der Waals surface area contributed by atoms with Crippen LogP contribution in [0.15, 0.2) is 42.7 Å². The van der Waals surface area contributed by atoms with Crippen molar-refractivity contribution in [1.29, 1.82) is 0 Å². The Bertz CT molecular complexity index is 829. The third-order valence-electron chi connectivity index (χ3n) is 5.04. The van der Waals surface area contributed by atoms with Crippen molar-refractivity contribution in [2.24, 2.45) is 0 Å². The number of aromatic nitrogens is 1. The minimum atomic E-state index is -0.260. The SMILES string of the molecule is CCN(CC)C(=O)c1cncc(C(=O)N2CCN(c3ccc(F)cc3)CC2)c1. The molecule has 1 aliphatic rings. The number of rotatable bonds is 5. The number of amides is 2. The zero-order valence-electron chi connectivity index (χ0n) is 16.3. The molecular weight excluding hydrogens is 359 g/mol. The Labute approximate surface area is 164 Å². The molecule has 148 valence electrons. The minimum absolute atomic E-state index is 0.117. The highest BCUT2D eigenvalue weighted by Gasteiger charge is 2.23. The number of nitrogens with zero attached hydrogens (tertiary/aromatic N) is 4. The number of pyridine rings is 1. The third kappa shape index (κ3) is 4.30. The Morgan fingerprint density at radius 3 is 2.21 bits per heavy atom. The van der Waals surface area contributed by atoms with E-state index in [0.29, 0.717) is 50.4 Å². The molecule has 2 heterocycles. The lowest BCUT2D eigenvalue weighted by atomic mass is 10.1. The van der Waals surface area contributed by atoms with Crippen LogP contribution in [0.1, 0.15) is 34.6 Å². The Morgan fingerprint density at radius 1 is 1.00 bits per heavy atom. The van der Waals surface area contributed by atoms with Crippen LogP contribution in [0.5, 0.6) is 0 Å². The molecule has 1 saturated heterocycles. The Balaban J connectivity index is 1.66. The van der Waals surface area contributed by atoms with Crippen molar-refractivity contribution in [3.05, 3.63) is 59.7 Å². The first kappa shape index (κ1) is 19.8. The first-order valence-electron chi connectivity index (χ1n) is 9.57. The maximum Gasteiger partial charge on any atom is 0.255 e. The van der Waals surface area contributed by atoms with Crippen LogP contribution >= 0.6 is 0 Å². The second kappa shape index (κ2) is 8.82. The predicted octanol–water partition coefficient (Wildman–Crippen LogP) is 2.67. The Hall–Kier alpha value is -2.96. The summed E-state index contributed by atoms with van der Waals surface area (Å²) in [6.45, 7) is 7.52. The van der Waals surface area contributed by atoms with Crippen molar-refractivity contribution in [3.63, 3.8) is 0 Å². The number of piperazine rings is 1. The van der Waals surface area contributed by atoms with Crippen LogP contribution in [0.4, 0.5) is 10.1 Å². The number of anilines is 1. The number of carbonyl (C=O) groups excluding carboxylic acids is 2. The summed E-state index contributed by atoms with van der Waals surface area (Å²) in [5.74, 6) is -0.502. The summed E-state index contributed by atoms with van der Waals surface area (Å²) in [5.41, 5.74) is 1.80. The number of hydrogen-bond donors (Lipinski definition) is 0. The molecule has 0 atom stereocenters. The Kier molecular flexibility index (Phi) is 6.23. The van der Waals surface area contributed by atoms with Crippen molar-refractivity contribution in [2.45, 2.75) is 13.8 Å². The summed E-state index contributed by atoms with van der Waals surface area (Å²) in [6.07, 6.45) is 3.01. The molecule has 1 fully saturated rings. The van der Waals surface area contributed by atoms with E-state index in [-0.39, 0.29) is 17.6 Å². The van der Waals surface area contributed by atoms with Gasteiger partial charge in [0.15, 0.2) is 0 Å². The fourth-order valence-electron chi connectivity index (χ4n) is 3.37. The van der Waals surface area contributed by atoms with E-state index in [1.165, 1.54) is 24.5 Å². The lowest BCUT2D eigenvalue weighted by Gasteiger charge is -2.36. The molecule has 2 aromatic rings. The molecule has 0 spiro atoms. The summed E-state index contributed by atoms with van der Waals surface area (Å²) >= 11 is 0. The molecule has 0 N–H and O–H groups in total. The highest BCUT2D eigenvalue weighted by molar-refractivity contribution is 5.99.